The van der Waals surface area contributed by atoms with Crippen molar-refractivity contribution in [3.8, 4) is 0 Å². The van der Waals surface area contributed by atoms with E-state index in [1.165, 1.54) is 32.1 Å². The number of aryl methyl sites for hydroxylation is 1. The van der Waals surface area contributed by atoms with Gasteiger partial charge in [-0.05, 0) is 61.6 Å². The van der Waals surface area contributed by atoms with E-state index in [9.17, 15) is 19.5 Å². The normalized spacial score (nSPS) is 16.6. The number of rotatable bonds is 10. The molecule has 0 bridgehead atoms. The zero-order valence-corrected chi connectivity index (χ0v) is 21.9. The number of amides is 1. The van der Waals surface area contributed by atoms with E-state index < -0.39 is 5.97 Å². The number of aliphatic carboxylic acids is 1. The van der Waals surface area contributed by atoms with Gasteiger partial charge in [0.1, 0.15) is 5.56 Å². The fraction of sp³-hybridized carbons (Fsp3) is 0.567. The number of benzene rings is 1. The van der Waals surface area contributed by atoms with Crippen molar-refractivity contribution in [2.24, 2.45) is 5.92 Å². The van der Waals surface area contributed by atoms with Crippen LogP contribution < -0.4 is 10.9 Å². The molecule has 2 N–H and O–H groups in total. The highest BCUT2D eigenvalue weighted by Gasteiger charge is 2.23. The summed E-state index contributed by atoms with van der Waals surface area (Å²) in [6.07, 6.45) is 12.4. The van der Waals surface area contributed by atoms with Gasteiger partial charge in [-0.2, -0.15) is 0 Å². The molecule has 1 aromatic heterocycles. The molecule has 2 aromatic rings. The number of carbonyl (C=O) groups excluding carboxylic acids is 1. The zero-order chi connectivity index (χ0) is 26.0. The molecule has 4 rings (SSSR count). The fourth-order valence-corrected chi connectivity index (χ4v) is 5.89. The van der Waals surface area contributed by atoms with E-state index in [0.29, 0.717) is 25.6 Å². The second-order valence-electron chi connectivity index (χ2n) is 10.7. The van der Waals surface area contributed by atoms with Crippen LogP contribution in [0.15, 0.2) is 41.2 Å². The van der Waals surface area contributed by atoms with E-state index in [4.69, 9.17) is 0 Å². The standard InChI is InChI=1S/C30H41N3O4/c34-28(35)22-32(20-23-11-5-3-6-12-23)18-17-31-29(36)26-19-25-15-9-1-2-10-16-27(25)33(30(26)37)21-24-13-7-4-8-14-24/h3,5-6,11-12,19,24H,1-2,4,7-10,13-18,20-22H2,(H,31,36)(H,34,35). The summed E-state index contributed by atoms with van der Waals surface area (Å²) in [5, 5.41) is 12.2. The summed E-state index contributed by atoms with van der Waals surface area (Å²) in [6.45, 7) is 1.74. The average molecular weight is 508 g/mol. The van der Waals surface area contributed by atoms with Gasteiger partial charge in [-0.15, -0.1) is 0 Å². The van der Waals surface area contributed by atoms with Crippen molar-refractivity contribution in [3.63, 3.8) is 0 Å². The molecule has 0 unspecified atom stereocenters. The molecule has 0 spiro atoms. The Balaban J connectivity index is 1.49. The third kappa shape index (κ3) is 7.78. The number of fused-ring (bicyclic) bond motifs is 1. The Morgan fingerprint density at radius 2 is 1.68 bits per heavy atom. The molecule has 2 aliphatic rings. The first kappa shape index (κ1) is 27.1. The molecule has 200 valence electrons. The summed E-state index contributed by atoms with van der Waals surface area (Å²) in [6, 6.07) is 11.5. The van der Waals surface area contributed by atoms with E-state index in [2.05, 4.69) is 5.32 Å². The van der Waals surface area contributed by atoms with E-state index in [-0.39, 0.29) is 30.1 Å². The highest BCUT2D eigenvalue weighted by atomic mass is 16.4. The predicted molar refractivity (Wildman–Crippen MR) is 145 cm³/mol. The van der Waals surface area contributed by atoms with Crippen molar-refractivity contribution in [1.29, 1.82) is 0 Å². The second-order valence-corrected chi connectivity index (χ2v) is 10.7. The van der Waals surface area contributed by atoms with Crippen molar-refractivity contribution in [3.05, 3.63) is 69.1 Å². The number of carbonyl (C=O) groups is 2. The van der Waals surface area contributed by atoms with Crippen LogP contribution >= 0.6 is 0 Å². The SMILES string of the molecule is O=C(O)CN(CCNC(=O)c1cc2c(n(CC3CCCCC3)c1=O)CCCCCC2)Cc1ccccc1. The summed E-state index contributed by atoms with van der Waals surface area (Å²) in [4.78, 5) is 40.1. The lowest BCUT2D eigenvalue weighted by molar-refractivity contribution is -0.138. The molecule has 1 saturated carbocycles. The van der Waals surface area contributed by atoms with Crippen LogP contribution in [-0.4, -0.2) is 46.1 Å². The minimum absolute atomic E-state index is 0.113. The van der Waals surface area contributed by atoms with Crippen molar-refractivity contribution >= 4 is 11.9 Å². The smallest absolute Gasteiger partial charge is 0.317 e. The Kier molecular flexibility index (Phi) is 9.94. The van der Waals surface area contributed by atoms with E-state index in [1.54, 1.807) is 4.90 Å². The summed E-state index contributed by atoms with van der Waals surface area (Å²) < 4.78 is 1.94. The zero-order valence-electron chi connectivity index (χ0n) is 21.9. The van der Waals surface area contributed by atoms with E-state index >= 15 is 0 Å². The fourth-order valence-electron chi connectivity index (χ4n) is 5.89. The first-order chi connectivity index (χ1) is 18.0. The largest absolute Gasteiger partial charge is 0.480 e. The first-order valence-corrected chi connectivity index (χ1v) is 14.0. The van der Waals surface area contributed by atoms with Crippen LogP contribution in [0.4, 0.5) is 0 Å². The van der Waals surface area contributed by atoms with Gasteiger partial charge < -0.3 is 15.0 Å². The Labute approximate surface area is 219 Å². The van der Waals surface area contributed by atoms with Crippen molar-refractivity contribution in [2.75, 3.05) is 19.6 Å². The third-order valence-electron chi connectivity index (χ3n) is 7.83. The molecule has 1 aromatic carbocycles. The molecular weight excluding hydrogens is 466 g/mol. The van der Waals surface area contributed by atoms with Crippen LogP contribution in [0, 0.1) is 5.92 Å². The molecule has 0 atom stereocenters. The van der Waals surface area contributed by atoms with Crippen molar-refractivity contribution in [1.82, 2.24) is 14.8 Å². The number of nitrogens with zero attached hydrogens (tertiary/aromatic N) is 2. The number of hydrogen-bond donors (Lipinski definition) is 2. The van der Waals surface area contributed by atoms with Gasteiger partial charge in [-0.25, -0.2) is 0 Å². The summed E-state index contributed by atoms with van der Waals surface area (Å²) >= 11 is 0. The van der Waals surface area contributed by atoms with Crippen molar-refractivity contribution in [2.45, 2.75) is 83.7 Å². The number of aromatic nitrogens is 1. The topological polar surface area (TPSA) is 91.6 Å². The second kappa shape index (κ2) is 13.6. The van der Waals surface area contributed by atoms with Gasteiger partial charge in [0.2, 0.25) is 0 Å². The van der Waals surface area contributed by atoms with E-state index in [1.807, 2.05) is 41.0 Å². The van der Waals surface area contributed by atoms with Crippen LogP contribution in [0.3, 0.4) is 0 Å². The van der Waals surface area contributed by atoms with Gasteiger partial charge in [0.15, 0.2) is 0 Å². The summed E-state index contributed by atoms with van der Waals surface area (Å²) in [5.74, 6) is -0.765. The van der Waals surface area contributed by atoms with E-state index in [0.717, 1.165) is 55.3 Å². The number of carboxylic acid groups (broad SMARTS) is 1. The maximum atomic E-state index is 13.7. The first-order valence-electron chi connectivity index (χ1n) is 14.0. The minimum Gasteiger partial charge on any atom is -0.480 e. The molecule has 2 aliphatic carbocycles. The Hall–Kier alpha value is -2.93. The highest BCUT2D eigenvalue weighted by Crippen LogP contribution is 2.27. The van der Waals surface area contributed by atoms with Crippen LogP contribution in [0.25, 0.3) is 0 Å². The number of nitrogens with one attached hydrogen (secondary N) is 1. The van der Waals surface area contributed by atoms with Gasteiger partial charge in [0.05, 0.1) is 6.54 Å². The summed E-state index contributed by atoms with van der Waals surface area (Å²) in [7, 11) is 0. The maximum Gasteiger partial charge on any atom is 0.317 e. The van der Waals surface area contributed by atoms with Gasteiger partial charge in [0, 0.05) is 31.9 Å². The molecule has 1 fully saturated rings. The maximum absolute atomic E-state index is 13.7. The molecule has 0 radical (unpaired) electrons. The Bertz CT molecular complexity index is 1110. The van der Waals surface area contributed by atoms with Gasteiger partial charge in [-0.1, -0.05) is 62.4 Å². The lowest BCUT2D eigenvalue weighted by atomic mass is 9.88. The number of hydrogen-bond acceptors (Lipinski definition) is 4. The molecule has 7 heteroatoms. The average Bonchev–Trinajstić information content (AvgIpc) is 2.87. The minimum atomic E-state index is -0.908. The molecule has 37 heavy (non-hydrogen) atoms. The molecule has 1 amide bonds. The molecule has 0 saturated heterocycles. The lowest BCUT2D eigenvalue weighted by Gasteiger charge is -2.26. The van der Waals surface area contributed by atoms with Crippen molar-refractivity contribution < 1.29 is 14.7 Å². The predicted octanol–water partition coefficient (Wildman–Crippen LogP) is 4.40. The number of pyridine rings is 1. The van der Waals surface area contributed by atoms with Crippen LogP contribution in [0.2, 0.25) is 0 Å². The quantitative estimate of drug-likeness (QED) is 0.497. The van der Waals surface area contributed by atoms with Gasteiger partial charge in [-0.3, -0.25) is 19.3 Å². The third-order valence-corrected chi connectivity index (χ3v) is 7.83. The van der Waals surface area contributed by atoms with Gasteiger partial charge in [0.25, 0.3) is 11.5 Å². The Morgan fingerprint density at radius 3 is 2.41 bits per heavy atom. The molecule has 1 heterocycles. The van der Waals surface area contributed by atoms with Gasteiger partial charge >= 0.3 is 5.97 Å². The monoisotopic (exact) mass is 507 g/mol. The lowest BCUT2D eigenvalue weighted by Crippen LogP contribution is -2.40. The van der Waals surface area contributed by atoms with Crippen LogP contribution in [-0.2, 0) is 30.7 Å². The molecular formula is C30H41N3O4. The summed E-state index contributed by atoms with van der Waals surface area (Å²) in [5.41, 5.74) is 3.36. The molecule has 7 nitrogen and oxygen atoms in total. The Morgan fingerprint density at radius 1 is 0.973 bits per heavy atom. The van der Waals surface area contributed by atoms with Crippen LogP contribution in [0.1, 0.15) is 85.0 Å². The number of carboxylic acids is 1. The molecule has 0 aliphatic heterocycles. The highest BCUT2D eigenvalue weighted by molar-refractivity contribution is 5.94. The van der Waals surface area contributed by atoms with Crippen LogP contribution in [0.5, 0.6) is 0 Å².